The summed E-state index contributed by atoms with van der Waals surface area (Å²) in [5.74, 6) is 0.928. The molecule has 0 aromatic rings. The third-order valence-corrected chi connectivity index (χ3v) is 4.62. The quantitative estimate of drug-likeness (QED) is 0.729. The van der Waals surface area contributed by atoms with E-state index in [0.29, 0.717) is 6.10 Å². The van der Waals surface area contributed by atoms with Gasteiger partial charge in [-0.15, -0.1) is 0 Å². The Balaban J connectivity index is 1.69. The molecule has 2 saturated carbocycles. The van der Waals surface area contributed by atoms with E-state index in [4.69, 9.17) is 4.74 Å². The first-order valence-corrected chi connectivity index (χ1v) is 7.02. The molecule has 0 bridgehead atoms. The lowest BCUT2D eigenvalue weighted by molar-refractivity contribution is 0.0486. The van der Waals surface area contributed by atoms with Crippen LogP contribution in [0.3, 0.4) is 0 Å². The molecule has 0 aromatic carbocycles. The van der Waals surface area contributed by atoms with Crippen LogP contribution >= 0.6 is 0 Å². The van der Waals surface area contributed by atoms with Gasteiger partial charge in [-0.3, -0.25) is 0 Å². The molecule has 2 heteroatoms. The maximum Gasteiger partial charge on any atom is 0.0571 e. The smallest absolute Gasteiger partial charge is 0.0571 e. The molecule has 0 spiro atoms. The van der Waals surface area contributed by atoms with Crippen LogP contribution in [0.25, 0.3) is 0 Å². The molecule has 2 nitrogen and oxygen atoms in total. The van der Waals surface area contributed by atoms with Gasteiger partial charge in [0.25, 0.3) is 0 Å². The predicted molar refractivity (Wildman–Crippen MR) is 67.6 cm³/mol. The van der Waals surface area contributed by atoms with Crippen LogP contribution in [0.15, 0.2) is 0 Å². The third kappa shape index (κ3) is 3.21. The number of methoxy groups -OCH3 is 1. The van der Waals surface area contributed by atoms with Crippen LogP contribution in [-0.2, 0) is 4.74 Å². The van der Waals surface area contributed by atoms with E-state index < -0.39 is 0 Å². The van der Waals surface area contributed by atoms with Crippen LogP contribution < -0.4 is 0 Å². The molecular formula is C14H27NO. The topological polar surface area (TPSA) is 12.5 Å². The van der Waals surface area contributed by atoms with E-state index in [9.17, 15) is 0 Å². The lowest BCUT2D eigenvalue weighted by Gasteiger charge is -2.33. The van der Waals surface area contributed by atoms with Gasteiger partial charge < -0.3 is 9.64 Å². The zero-order valence-electron chi connectivity index (χ0n) is 11.0. The Bertz CT molecular complexity index is 193. The summed E-state index contributed by atoms with van der Waals surface area (Å²) in [7, 11) is 4.19. The molecule has 0 aliphatic heterocycles. The molecule has 2 fully saturated rings. The van der Waals surface area contributed by atoms with Crippen molar-refractivity contribution in [1.82, 2.24) is 4.90 Å². The lowest BCUT2D eigenvalue weighted by atomic mass is 9.87. The molecule has 0 radical (unpaired) electrons. The van der Waals surface area contributed by atoms with Crippen molar-refractivity contribution in [3.63, 3.8) is 0 Å². The summed E-state index contributed by atoms with van der Waals surface area (Å²) in [4.78, 5) is 2.63. The van der Waals surface area contributed by atoms with Gasteiger partial charge in [0, 0.05) is 19.7 Å². The van der Waals surface area contributed by atoms with Crippen LogP contribution in [0.1, 0.15) is 51.4 Å². The molecule has 0 N–H and O–H groups in total. The highest BCUT2D eigenvalue weighted by Crippen LogP contribution is 2.29. The van der Waals surface area contributed by atoms with Gasteiger partial charge in [0.2, 0.25) is 0 Å². The molecule has 2 rings (SSSR count). The molecule has 2 aliphatic carbocycles. The number of nitrogens with zero attached hydrogens (tertiary/aromatic N) is 1. The standard InChI is InChI=1S/C14H27NO/c1-15(13-5-3-4-6-13)11-12-7-9-14(16-2)10-8-12/h12-14H,3-11H2,1-2H3. The van der Waals surface area contributed by atoms with Gasteiger partial charge in [-0.1, -0.05) is 12.8 Å². The molecular weight excluding hydrogens is 198 g/mol. The van der Waals surface area contributed by atoms with Gasteiger partial charge >= 0.3 is 0 Å². The first-order chi connectivity index (χ1) is 7.79. The monoisotopic (exact) mass is 225 g/mol. The molecule has 16 heavy (non-hydrogen) atoms. The van der Waals surface area contributed by atoms with Crippen molar-refractivity contribution >= 4 is 0 Å². The summed E-state index contributed by atoms with van der Waals surface area (Å²) < 4.78 is 5.43. The average Bonchev–Trinajstić information content (AvgIpc) is 2.83. The Labute approximate surface area is 100 Å². The van der Waals surface area contributed by atoms with Gasteiger partial charge in [0.1, 0.15) is 0 Å². The Hall–Kier alpha value is -0.0800. The normalized spacial score (nSPS) is 32.4. The summed E-state index contributed by atoms with van der Waals surface area (Å²) in [5.41, 5.74) is 0. The van der Waals surface area contributed by atoms with Crippen LogP contribution in [0, 0.1) is 5.92 Å². The average molecular weight is 225 g/mol. The second kappa shape index (κ2) is 6.02. The highest BCUT2D eigenvalue weighted by atomic mass is 16.5. The van der Waals surface area contributed by atoms with E-state index in [1.165, 1.54) is 57.9 Å². The first-order valence-electron chi connectivity index (χ1n) is 7.02. The maximum atomic E-state index is 5.43. The fraction of sp³-hybridized carbons (Fsp3) is 1.00. The Morgan fingerprint density at radius 1 is 1.00 bits per heavy atom. The molecule has 94 valence electrons. The third-order valence-electron chi connectivity index (χ3n) is 4.62. The van der Waals surface area contributed by atoms with E-state index in [-0.39, 0.29) is 0 Å². The van der Waals surface area contributed by atoms with Crippen LogP contribution in [0.2, 0.25) is 0 Å². The van der Waals surface area contributed by atoms with E-state index in [1.54, 1.807) is 0 Å². The Kier molecular flexibility index (Phi) is 4.66. The van der Waals surface area contributed by atoms with Crippen molar-refractivity contribution in [3.05, 3.63) is 0 Å². The number of rotatable bonds is 4. The first kappa shape index (κ1) is 12.4. The van der Waals surface area contributed by atoms with Crippen molar-refractivity contribution in [2.24, 2.45) is 5.92 Å². The van der Waals surface area contributed by atoms with Crippen molar-refractivity contribution in [3.8, 4) is 0 Å². The van der Waals surface area contributed by atoms with Crippen LogP contribution in [0.5, 0.6) is 0 Å². The lowest BCUT2D eigenvalue weighted by Crippen LogP contribution is -2.35. The number of hydrogen-bond acceptors (Lipinski definition) is 2. The van der Waals surface area contributed by atoms with Crippen LogP contribution in [0.4, 0.5) is 0 Å². The minimum Gasteiger partial charge on any atom is -0.381 e. The summed E-state index contributed by atoms with van der Waals surface area (Å²) in [6.45, 7) is 1.32. The van der Waals surface area contributed by atoms with Crippen molar-refractivity contribution in [1.29, 1.82) is 0 Å². The van der Waals surface area contributed by atoms with Crippen molar-refractivity contribution in [2.75, 3.05) is 20.7 Å². The van der Waals surface area contributed by atoms with E-state index in [2.05, 4.69) is 11.9 Å². The fourth-order valence-electron chi connectivity index (χ4n) is 3.45. The summed E-state index contributed by atoms with van der Waals surface area (Å²) in [5, 5.41) is 0. The summed E-state index contributed by atoms with van der Waals surface area (Å²) in [6, 6.07) is 0.889. The zero-order valence-corrected chi connectivity index (χ0v) is 11.0. The van der Waals surface area contributed by atoms with Gasteiger partial charge in [-0.05, 0) is 51.5 Å². The van der Waals surface area contributed by atoms with Gasteiger partial charge in [0.05, 0.1) is 6.10 Å². The minimum absolute atomic E-state index is 0.549. The van der Waals surface area contributed by atoms with Crippen molar-refractivity contribution < 1.29 is 4.74 Å². The molecule has 0 amide bonds. The van der Waals surface area contributed by atoms with E-state index in [1.807, 2.05) is 7.11 Å². The Morgan fingerprint density at radius 3 is 2.19 bits per heavy atom. The maximum absolute atomic E-state index is 5.43. The highest BCUT2D eigenvalue weighted by molar-refractivity contribution is 4.79. The number of hydrogen-bond donors (Lipinski definition) is 0. The molecule has 2 aliphatic rings. The zero-order chi connectivity index (χ0) is 11.4. The van der Waals surface area contributed by atoms with Gasteiger partial charge in [0.15, 0.2) is 0 Å². The second-order valence-electron chi connectivity index (χ2n) is 5.76. The molecule has 0 atom stereocenters. The summed E-state index contributed by atoms with van der Waals surface area (Å²) >= 11 is 0. The van der Waals surface area contributed by atoms with Crippen molar-refractivity contribution in [2.45, 2.75) is 63.5 Å². The number of ether oxygens (including phenoxy) is 1. The highest BCUT2D eigenvalue weighted by Gasteiger charge is 2.25. The molecule has 0 saturated heterocycles. The predicted octanol–water partition coefficient (Wildman–Crippen LogP) is 3.07. The van der Waals surface area contributed by atoms with E-state index in [0.717, 1.165) is 12.0 Å². The Morgan fingerprint density at radius 2 is 1.62 bits per heavy atom. The molecule has 0 aromatic heterocycles. The molecule has 0 unspecified atom stereocenters. The fourth-order valence-corrected chi connectivity index (χ4v) is 3.45. The molecule has 0 heterocycles. The van der Waals surface area contributed by atoms with Gasteiger partial charge in [-0.25, -0.2) is 0 Å². The SMILES string of the molecule is COC1CCC(CN(C)C2CCCC2)CC1. The summed E-state index contributed by atoms with van der Waals surface area (Å²) in [6.07, 6.45) is 11.6. The van der Waals surface area contributed by atoms with Gasteiger partial charge in [-0.2, -0.15) is 0 Å². The second-order valence-corrected chi connectivity index (χ2v) is 5.76. The largest absolute Gasteiger partial charge is 0.381 e. The van der Waals surface area contributed by atoms with Crippen LogP contribution in [-0.4, -0.2) is 37.7 Å². The minimum atomic E-state index is 0.549. The van der Waals surface area contributed by atoms with E-state index >= 15 is 0 Å².